The molecule has 166 valence electrons. The largest absolute Gasteiger partial charge is 0.457 e. The molecule has 10 heteroatoms. The second kappa shape index (κ2) is 8.97. The molecule has 0 atom stereocenters. The Morgan fingerprint density at radius 2 is 1.88 bits per heavy atom. The van der Waals surface area contributed by atoms with Crippen molar-refractivity contribution in [2.45, 2.75) is 13.3 Å². The highest BCUT2D eigenvalue weighted by Crippen LogP contribution is 2.32. The normalized spacial score (nSPS) is 15.2. The van der Waals surface area contributed by atoms with E-state index in [1.54, 1.807) is 30.3 Å². The average Bonchev–Trinajstić information content (AvgIpc) is 3.26. The maximum atomic E-state index is 13.1. The summed E-state index contributed by atoms with van der Waals surface area (Å²) in [7, 11) is 0. The lowest BCUT2D eigenvalue weighted by Gasteiger charge is -2.28. The first kappa shape index (κ1) is 22.4. The van der Waals surface area contributed by atoms with Crippen LogP contribution in [0.3, 0.4) is 0 Å². The Morgan fingerprint density at radius 3 is 2.55 bits per heavy atom. The first-order valence-electron chi connectivity index (χ1n) is 9.83. The molecule has 0 saturated carbocycles. The van der Waals surface area contributed by atoms with Gasteiger partial charge in [-0.2, -0.15) is 0 Å². The molecule has 1 N–H and O–H groups in total. The van der Waals surface area contributed by atoms with E-state index < -0.39 is 16.7 Å². The summed E-state index contributed by atoms with van der Waals surface area (Å²) < 4.78 is 5.72. The molecule has 0 bridgehead atoms. The number of furan rings is 1. The van der Waals surface area contributed by atoms with Gasteiger partial charge >= 0.3 is 0 Å². The van der Waals surface area contributed by atoms with E-state index in [0.29, 0.717) is 17.0 Å². The zero-order valence-corrected chi connectivity index (χ0v) is 18.8. The molecule has 1 fully saturated rings. The van der Waals surface area contributed by atoms with Crippen LogP contribution in [0.1, 0.15) is 18.2 Å². The zero-order valence-electron chi connectivity index (χ0n) is 17.2. The van der Waals surface area contributed by atoms with Crippen LogP contribution < -0.4 is 10.2 Å². The van der Waals surface area contributed by atoms with Gasteiger partial charge in [-0.1, -0.05) is 30.7 Å². The number of rotatable bonds is 5. The number of nitro benzene ring substituents is 1. The quantitative estimate of drug-likeness (QED) is 0.183. The van der Waals surface area contributed by atoms with Crippen molar-refractivity contribution in [2.24, 2.45) is 0 Å². The van der Waals surface area contributed by atoms with Crippen molar-refractivity contribution in [1.82, 2.24) is 5.32 Å². The molecule has 1 aromatic heterocycles. The number of carbonyl (C=O) groups is 2. The van der Waals surface area contributed by atoms with Crippen LogP contribution in [0.25, 0.3) is 17.4 Å². The van der Waals surface area contributed by atoms with Gasteiger partial charge in [-0.05, 0) is 66.7 Å². The Hall–Kier alpha value is -3.82. The molecule has 33 heavy (non-hydrogen) atoms. The second-order valence-corrected chi connectivity index (χ2v) is 7.90. The third-order valence-electron chi connectivity index (χ3n) is 5.05. The minimum Gasteiger partial charge on any atom is -0.457 e. The summed E-state index contributed by atoms with van der Waals surface area (Å²) in [5, 5.41) is 13.7. The highest BCUT2D eigenvalue weighted by atomic mass is 35.5. The molecule has 3 aromatic rings. The van der Waals surface area contributed by atoms with Crippen molar-refractivity contribution in [3.05, 3.63) is 86.6 Å². The number of hydrogen-bond acceptors (Lipinski definition) is 6. The maximum Gasteiger partial charge on any atom is 0.288 e. The number of thiocarbonyl (C=S) groups is 1. The number of carbonyl (C=O) groups excluding carboxylic acids is 2. The first-order chi connectivity index (χ1) is 15.8. The van der Waals surface area contributed by atoms with Gasteiger partial charge in [0.2, 0.25) is 0 Å². The standard InChI is InChI=1S/C23H16ClN3O5S/c1-2-13-3-6-15(7-4-13)26-22(29)17(21(28)25-23(26)33)12-16-8-10-20(32-16)14-5-9-18(24)19(11-14)27(30)31/h3-12H,2H2,1H3,(H,25,28,33)/b17-12-. The van der Waals surface area contributed by atoms with Crippen molar-refractivity contribution in [1.29, 1.82) is 0 Å². The third kappa shape index (κ3) is 4.41. The van der Waals surface area contributed by atoms with Gasteiger partial charge in [0.05, 0.1) is 10.6 Å². The fourth-order valence-corrected chi connectivity index (χ4v) is 3.77. The summed E-state index contributed by atoms with van der Waals surface area (Å²) in [5.74, 6) is -0.706. The van der Waals surface area contributed by atoms with Gasteiger partial charge in [0.1, 0.15) is 22.1 Å². The number of aryl methyl sites for hydroxylation is 1. The summed E-state index contributed by atoms with van der Waals surface area (Å²) in [6.07, 6.45) is 2.15. The molecule has 2 amide bonds. The first-order valence-corrected chi connectivity index (χ1v) is 10.6. The molecule has 8 nitrogen and oxygen atoms in total. The van der Waals surface area contributed by atoms with E-state index in [9.17, 15) is 19.7 Å². The summed E-state index contributed by atoms with van der Waals surface area (Å²) in [6.45, 7) is 2.02. The summed E-state index contributed by atoms with van der Waals surface area (Å²) in [5.41, 5.74) is 1.63. The fourth-order valence-electron chi connectivity index (χ4n) is 3.31. The van der Waals surface area contributed by atoms with E-state index >= 15 is 0 Å². The zero-order chi connectivity index (χ0) is 23.7. The van der Waals surface area contributed by atoms with Gasteiger partial charge in [0.15, 0.2) is 5.11 Å². The van der Waals surface area contributed by atoms with E-state index in [-0.39, 0.29) is 27.2 Å². The van der Waals surface area contributed by atoms with E-state index in [1.807, 2.05) is 19.1 Å². The Labute approximate surface area is 198 Å². The van der Waals surface area contributed by atoms with Crippen LogP contribution in [-0.4, -0.2) is 21.9 Å². The van der Waals surface area contributed by atoms with E-state index in [4.69, 9.17) is 28.2 Å². The van der Waals surface area contributed by atoms with Gasteiger partial charge < -0.3 is 4.42 Å². The summed E-state index contributed by atoms with van der Waals surface area (Å²) in [6, 6.07) is 14.7. The summed E-state index contributed by atoms with van der Waals surface area (Å²) >= 11 is 11.1. The minimum atomic E-state index is -0.647. The molecule has 0 unspecified atom stereocenters. The van der Waals surface area contributed by atoms with Crippen molar-refractivity contribution in [2.75, 3.05) is 4.90 Å². The molecule has 0 radical (unpaired) electrons. The van der Waals surface area contributed by atoms with Crippen LogP contribution >= 0.6 is 23.8 Å². The van der Waals surface area contributed by atoms with Gasteiger partial charge in [-0.15, -0.1) is 0 Å². The molecule has 2 aromatic carbocycles. The van der Waals surface area contributed by atoms with Gasteiger partial charge in [-0.3, -0.25) is 29.9 Å². The predicted molar refractivity (Wildman–Crippen MR) is 128 cm³/mol. The van der Waals surface area contributed by atoms with Crippen molar-refractivity contribution in [3.63, 3.8) is 0 Å². The van der Waals surface area contributed by atoms with Crippen LogP contribution in [0.15, 0.2) is 64.6 Å². The topological polar surface area (TPSA) is 106 Å². The van der Waals surface area contributed by atoms with Gasteiger partial charge in [-0.25, -0.2) is 0 Å². The smallest absolute Gasteiger partial charge is 0.288 e. The van der Waals surface area contributed by atoms with Crippen LogP contribution in [-0.2, 0) is 16.0 Å². The number of hydrogen-bond donors (Lipinski definition) is 1. The Balaban J connectivity index is 1.66. The minimum absolute atomic E-state index is 0.00477. The van der Waals surface area contributed by atoms with Gasteiger partial charge in [0, 0.05) is 11.6 Å². The number of nitrogens with zero attached hydrogens (tertiary/aromatic N) is 2. The second-order valence-electron chi connectivity index (χ2n) is 7.10. The molecule has 4 rings (SSSR count). The van der Waals surface area contributed by atoms with Crippen molar-refractivity contribution >= 4 is 58.2 Å². The monoisotopic (exact) mass is 481 g/mol. The number of benzene rings is 2. The molecule has 0 spiro atoms. The predicted octanol–water partition coefficient (Wildman–Crippen LogP) is 4.90. The Bertz CT molecular complexity index is 1330. The van der Waals surface area contributed by atoms with E-state index in [0.717, 1.165) is 12.0 Å². The average molecular weight is 482 g/mol. The van der Waals surface area contributed by atoms with Crippen molar-refractivity contribution < 1.29 is 18.9 Å². The Kier molecular flexibility index (Phi) is 6.08. The van der Waals surface area contributed by atoms with Gasteiger partial charge in [0.25, 0.3) is 17.5 Å². The number of amides is 2. The maximum absolute atomic E-state index is 13.1. The fraction of sp³-hybridized carbons (Fsp3) is 0.0870. The van der Waals surface area contributed by atoms with Crippen LogP contribution in [0.5, 0.6) is 0 Å². The lowest BCUT2D eigenvalue weighted by atomic mass is 10.1. The van der Waals surface area contributed by atoms with Crippen molar-refractivity contribution in [3.8, 4) is 11.3 Å². The third-order valence-corrected chi connectivity index (χ3v) is 5.65. The summed E-state index contributed by atoms with van der Waals surface area (Å²) in [4.78, 5) is 37.4. The number of halogens is 1. The van der Waals surface area contributed by atoms with Crippen LogP contribution in [0.2, 0.25) is 5.02 Å². The lowest BCUT2D eigenvalue weighted by Crippen LogP contribution is -2.54. The number of nitro groups is 1. The number of nitrogens with one attached hydrogen (secondary N) is 1. The molecule has 1 saturated heterocycles. The molecular formula is C23H16ClN3O5S. The van der Waals surface area contributed by atoms with Crippen LogP contribution in [0, 0.1) is 10.1 Å². The van der Waals surface area contributed by atoms with E-state index in [2.05, 4.69) is 5.32 Å². The highest BCUT2D eigenvalue weighted by Gasteiger charge is 2.34. The lowest BCUT2D eigenvalue weighted by molar-refractivity contribution is -0.384. The molecule has 1 aliphatic heterocycles. The SMILES string of the molecule is CCc1ccc(N2C(=O)/C(=C\c3ccc(-c4ccc(Cl)c([N+](=O)[O-])c4)o3)C(=O)NC2=S)cc1. The molecule has 1 aliphatic rings. The Morgan fingerprint density at radius 1 is 1.15 bits per heavy atom. The molecule has 0 aliphatic carbocycles. The molecular weight excluding hydrogens is 466 g/mol. The highest BCUT2D eigenvalue weighted by molar-refractivity contribution is 7.80. The number of anilines is 1. The molecule has 2 heterocycles. The van der Waals surface area contributed by atoms with Crippen LogP contribution in [0.4, 0.5) is 11.4 Å². The van der Waals surface area contributed by atoms with E-state index in [1.165, 1.54) is 23.1 Å².